The van der Waals surface area contributed by atoms with Gasteiger partial charge in [-0.05, 0) is 25.8 Å². The van der Waals surface area contributed by atoms with Crippen LogP contribution in [-0.2, 0) is 4.74 Å². The first-order valence-electron chi connectivity index (χ1n) is 7.83. The van der Waals surface area contributed by atoms with E-state index >= 15 is 0 Å². The zero-order chi connectivity index (χ0) is 13.6. The second-order valence-corrected chi connectivity index (χ2v) is 5.83. The molecule has 2 fully saturated rings. The molecule has 1 unspecified atom stereocenters. The van der Waals surface area contributed by atoms with Gasteiger partial charge in [0, 0.05) is 31.1 Å². The number of hydrogen-bond acceptors (Lipinski definition) is 3. The zero-order valence-corrected chi connectivity index (χ0v) is 12.3. The van der Waals surface area contributed by atoms with Crippen molar-refractivity contribution in [1.82, 2.24) is 10.2 Å². The van der Waals surface area contributed by atoms with Crippen molar-refractivity contribution in [3.05, 3.63) is 0 Å². The Morgan fingerprint density at radius 2 is 2.00 bits per heavy atom. The molecule has 108 valence electrons. The highest BCUT2D eigenvalue weighted by atomic mass is 16.5. The summed E-state index contributed by atoms with van der Waals surface area (Å²) in [6.45, 7) is 7.16. The summed E-state index contributed by atoms with van der Waals surface area (Å²) in [5.74, 6) is 2.90. The molecule has 0 radical (unpaired) electrons. The molecule has 2 rings (SSSR count). The lowest BCUT2D eigenvalue weighted by Gasteiger charge is -2.48. The summed E-state index contributed by atoms with van der Waals surface area (Å²) in [4.78, 5) is 2.66. The molecule has 0 aromatic heterocycles. The van der Waals surface area contributed by atoms with Gasteiger partial charge in [-0.3, -0.25) is 4.90 Å². The van der Waals surface area contributed by atoms with Crippen molar-refractivity contribution < 1.29 is 4.74 Å². The summed E-state index contributed by atoms with van der Waals surface area (Å²) in [6, 6.07) is 0.443. The van der Waals surface area contributed by atoms with E-state index in [0.717, 1.165) is 39.3 Å². The van der Waals surface area contributed by atoms with E-state index in [4.69, 9.17) is 11.2 Å². The summed E-state index contributed by atoms with van der Waals surface area (Å²) in [6.07, 6.45) is 12.9. The quantitative estimate of drug-likeness (QED) is 0.743. The molecular weight excluding hydrogens is 236 g/mol. The molecule has 0 aromatic carbocycles. The second-order valence-electron chi connectivity index (χ2n) is 5.83. The lowest BCUT2D eigenvalue weighted by atomic mass is 9.83. The van der Waals surface area contributed by atoms with Gasteiger partial charge in [-0.15, -0.1) is 12.3 Å². The number of terminal acetylenes is 1. The predicted molar refractivity (Wildman–Crippen MR) is 79.1 cm³/mol. The van der Waals surface area contributed by atoms with E-state index in [1.807, 2.05) is 0 Å². The van der Waals surface area contributed by atoms with Gasteiger partial charge in [0.05, 0.1) is 13.2 Å². The molecule has 1 saturated carbocycles. The molecule has 1 heterocycles. The number of rotatable bonds is 6. The third-order valence-corrected chi connectivity index (χ3v) is 4.72. The number of nitrogens with zero attached hydrogens (tertiary/aromatic N) is 1. The normalized spacial score (nSPS) is 25.1. The van der Waals surface area contributed by atoms with Crippen LogP contribution in [0.2, 0.25) is 0 Å². The van der Waals surface area contributed by atoms with E-state index in [-0.39, 0.29) is 5.54 Å². The highest BCUT2D eigenvalue weighted by Crippen LogP contribution is 2.39. The fourth-order valence-electron chi connectivity index (χ4n) is 3.77. The molecule has 0 aromatic rings. The van der Waals surface area contributed by atoms with Gasteiger partial charge >= 0.3 is 0 Å². The van der Waals surface area contributed by atoms with Crippen molar-refractivity contribution in [3.8, 4) is 12.3 Å². The van der Waals surface area contributed by atoms with Gasteiger partial charge in [0.15, 0.2) is 0 Å². The van der Waals surface area contributed by atoms with Gasteiger partial charge in [0.1, 0.15) is 0 Å². The van der Waals surface area contributed by atoms with E-state index in [0.29, 0.717) is 6.04 Å². The summed E-state index contributed by atoms with van der Waals surface area (Å²) in [5, 5.41) is 3.73. The largest absolute Gasteiger partial charge is 0.379 e. The fraction of sp³-hybridized carbons (Fsp3) is 0.875. The van der Waals surface area contributed by atoms with Crippen molar-refractivity contribution in [3.63, 3.8) is 0 Å². The number of hydrogen-bond donors (Lipinski definition) is 1. The van der Waals surface area contributed by atoms with Crippen LogP contribution >= 0.6 is 0 Å². The minimum absolute atomic E-state index is 0.283. The smallest absolute Gasteiger partial charge is 0.0594 e. The van der Waals surface area contributed by atoms with E-state index in [1.165, 1.54) is 32.1 Å². The molecule has 1 saturated heterocycles. The van der Waals surface area contributed by atoms with Gasteiger partial charge in [-0.2, -0.15) is 0 Å². The SMILES string of the molecule is C#CCC(NCCC)C1(N2CCOCC2)CCCC1. The first-order chi connectivity index (χ1) is 9.33. The molecule has 0 spiro atoms. The van der Waals surface area contributed by atoms with Crippen molar-refractivity contribution in [2.24, 2.45) is 0 Å². The van der Waals surface area contributed by atoms with Crippen LogP contribution in [0.5, 0.6) is 0 Å². The molecule has 0 bridgehead atoms. The van der Waals surface area contributed by atoms with E-state index < -0.39 is 0 Å². The topological polar surface area (TPSA) is 24.5 Å². The van der Waals surface area contributed by atoms with Crippen LogP contribution in [-0.4, -0.2) is 49.3 Å². The minimum atomic E-state index is 0.283. The summed E-state index contributed by atoms with van der Waals surface area (Å²) in [5.41, 5.74) is 0.283. The number of ether oxygens (including phenoxy) is 1. The zero-order valence-electron chi connectivity index (χ0n) is 12.3. The van der Waals surface area contributed by atoms with E-state index in [2.05, 4.69) is 23.1 Å². The lowest BCUT2D eigenvalue weighted by molar-refractivity contribution is -0.0350. The number of morpholine rings is 1. The van der Waals surface area contributed by atoms with Crippen LogP contribution in [0.4, 0.5) is 0 Å². The summed E-state index contributed by atoms with van der Waals surface area (Å²) >= 11 is 0. The standard InChI is InChI=1S/C16H28N2O/c1-3-7-15(17-10-4-2)16(8-5-6-9-16)18-11-13-19-14-12-18/h1,15,17H,4-14H2,2H3. The Hall–Kier alpha value is -0.560. The highest BCUT2D eigenvalue weighted by Gasteiger charge is 2.45. The van der Waals surface area contributed by atoms with Crippen LogP contribution in [0, 0.1) is 12.3 Å². The van der Waals surface area contributed by atoms with Crippen molar-refractivity contribution in [2.75, 3.05) is 32.8 Å². The average Bonchev–Trinajstić information content (AvgIpc) is 2.95. The Kier molecular flexibility index (Phi) is 5.69. The maximum atomic E-state index is 5.62. The minimum Gasteiger partial charge on any atom is -0.379 e. The Morgan fingerprint density at radius 1 is 1.32 bits per heavy atom. The molecule has 1 atom stereocenters. The Balaban J connectivity index is 2.12. The number of nitrogens with one attached hydrogen (secondary N) is 1. The Labute approximate surface area is 118 Å². The first-order valence-corrected chi connectivity index (χ1v) is 7.83. The molecule has 2 aliphatic rings. The Morgan fingerprint density at radius 3 is 2.58 bits per heavy atom. The monoisotopic (exact) mass is 264 g/mol. The average molecular weight is 264 g/mol. The Bertz CT molecular complexity index is 298. The molecule has 19 heavy (non-hydrogen) atoms. The molecule has 1 aliphatic carbocycles. The predicted octanol–water partition coefficient (Wildman–Crippen LogP) is 2.02. The van der Waals surface area contributed by atoms with Crippen LogP contribution < -0.4 is 5.32 Å². The van der Waals surface area contributed by atoms with Gasteiger partial charge in [-0.1, -0.05) is 19.8 Å². The van der Waals surface area contributed by atoms with Crippen LogP contribution in [0.15, 0.2) is 0 Å². The van der Waals surface area contributed by atoms with Crippen molar-refractivity contribution in [1.29, 1.82) is 0 Å². The molecule has 1 aliphatic heterocycles. The van der Waals surface area contributed by atoms with Gasteiger partial charge in [0.25, 0.3) is 0 Å². The second kappa shape index (κ2) is 7.28. The molecule has 0 amide bonds. The summed E-state index contributed by atoms with van der Waals surface area (Å²) < 4.78 is 5.52. The van der Waals surface area contributed by atoms with Crippen molar-refractivity contribution >= 4 is 0 Å². The summed E-state index contributed by atoms with van der Waals surface area (Å²) in [7, 11) is 0. The molecule has 1 N–H and O–H groups in total. The molecular formula is C16H28N2O. The van der Waals surface area contributed by atoms with Crippen LogP contribution in [0.25, 0.3) is 0 Å². The first kappa shape index (κ1) is 14.8. The lowest BCUT2D eigenvalue weighted by Crippen LogP contribution is -2.62. The van der Waals surface area contributed by atoms with Crippen LogP contribution in [0.1, 0.15) is 45.4 Å². The highest BCUT2D eigenvalue weighted by molar-refractivity contribution is 5.08. The van der Waals surface area contributed by atoms with Gasteiger partial charge in [0.2, 0.25) is 0 Å². The van der Waals surface area contributed by atoms with Gasteiger partial charge < -0.3 is 10.1 Å². The molecule has 3 heteroatoms. The van der Waals surface area contributed by atoms with Crippen molar-refractivity contribution in [2.45, 2.75) is 57.0 Å². The van der Waals surface area contributed by atoms with E-state index in [9.17, 15) is 0 Å². The molecule has 3 nitrogen and oxygen atoms in total. The van der Waals surface area contributed by atoms with Gasteiger partial charge in [-0.25, -0.2) is 0 Å². The van der Waals surface area contributed by atoms with Crippen LogP contribution in [0.3, 0.4) is 0 Å². The fourth-order valence-corrected chi connectivity index (χ4v) is 3.77. The third kappa shape index (κ3) is 3.31. The maximum absolute atomic E-state index is 5.62. The maximum Gasteiger partial charge on any atom is 0.0594 e. The van der Waals surface area contributed by atoms with E-state index in [1.54, 1.807) is 0 Å². The third-order valence-electron chi connectivity index (χ3n) is 4.72.